The molecule has 0 radical (unpaired) electrons. The summed E-state index contributed by atoms with van der Waals surface area (Å²) in [4.78, 5) is 14.0. The van der Waals surface area contributed by atoms with Gasteiger partial charge in [-0.25, -0.2) is 0 Å². The molecule has 1 amide bonds. The normalized spacial score (nSPS) is 29.8. The van der Waals surface area contributed by atoms with Gasteiger partial charge in [-0.3, -0.25) is 4.79 Å². The average molecular weight is 268 g/mol. The molecule has 2 fully saturated rings. The largest absolute Gasteiger partial charge is 0.452 e. The molecule has 3 atom stereocenters. The first kappa shape index (κ1) is 12.1. The van der Waals surface area contributed by atoms with Crippen molar-refractivity contribution in [2.45, 2.75) is 25.7 Å². The number of fused-ring (bicyclic) bond motifs is 2. The van der Waals surface area contributed by atoms with Crippen LogP contribution >= 0.6 is 11.6 Å². The molecule has 2 aliphatic rings. The maximum absolute atomic E-state index is 12.2. The molecule has 2 bridgehead atoms. The van der Waals surface area contributed by atoms with E-state index in [0.29, 0.717) is 11.5 Å². The Hall–Kier alpha value is -0.960. The van der Waals surface area contributed by atoms with Crippen molar-refractivity contribution >= 4 is 17.5 Å². The Morgan fingerprint density at radius 3 is 2.89 bits per heavy atom. The summed E-state index contributed by atoms with van der Waals surface area (Å²) in [6.45, 7) is 0.849. The van der Waals surface area contributed by atoms with Crippen molar-refractivity contribution < 1.29 is 9.21 Å². The van der Waals surface area contributed by atoms with Crippen LogP contribution in [0.4, 0.5) is 0 Å². The van der Waals surface area contributed by atoms with Gasteiger partial charge in [0.1, 0.15) is 0 Å². The van der Waals surface area contributed by atoms with Crippen molar-refractivity contribution in [2.24, 2.45) is 17.8 Å². The maximum atomic E-state index is 12.2. The fourth-order valence-electron chi connectivity index (χ4n) is 3.69. The van der Waals surface area contributed by atoms with Gasteiger partial charge in [0.25, 0.3) is 5.91 Å². The molecule has 1 heterocycles. The van der Waals surface area contributed by atoms with E-state index in [1.165, 1.54) is 31.9 Å². The van der Waals surface area contributed by atoms with Crippen molar-refractivity contribution in [1.82, 2.24) is 4.90 Å². The predicted octanol–water partition coefficient (Wildman–Crippen LogP) is 3.44. The van der Waals surface area contributed by atoms with Gasteiger partial charge in [-0.1, -0.05) is 6.42 Å². The highest BCUT2D eigenvalue weighted by molar-refractivity contribution is 6.32. The third kappa shape index (κ3) is 2.05. The minimum atomic E-state index is -0.0310. The fourth-order valence-corrected chi connectivity index (χ4v) is 3.88. The van der Waals surface area contributed by atoms with Gasteiger partial charge >= 0.3 is 0 Å². The maximum Gasteiger partial charge on any atom is 0.258 e. The van der Waals surface area contributed by atoms with Crippen LogP contribution in [0.2, 0.25) is 5.22 Å². The summed E-state index contributed by atoms with van der Waals surface area (Å²) in [5.41, 5.74) is 0.474. The van der Waals surface area contributed by atoms with Crippen LogP contribution in [0.1, 0.15) is 36.0 Å². The Balaban J connectivity index is 1.63. The van der Waals surface area contributed by atoms with Gasteiger partial charge in [0.15, 0.2) is 0 Å². The van der Waals surface area contributed by atoms with Gasteiger partial charge in [0.05, 0.1) is 11.8 Å². The molecule has 2 saturated carbocycles. The SMILES string of the molecule is CN(CC1CC2CCC1C2)C(=O)c1ccoc1Cl. The van der Waals surface area contributed by atoms with Gasteiger partial charge in [-0.2, -0.15) is 0 Å². The van der Waals surface area contributed by atoms with E-state index in [0.717, 1.165) is 18.4 Å². The summed E-state index contributed by atoms with van der Waals surface area (Å²) < 4.78 is 4.97. The highest BCUT2D eigenvalue weighted by atomic mass is 35.5. The smallest absolute Gasteiger partial charge is 0.258 e. The number of nitrogens with zero attached hydrogens (tertiary/aromatic N) is 1. The van der Waals surface area contributed by atoms with Crippen LogP contribution in [0.5, 0.6) is 0 Å². The Morgan fingerprint density at radius 1 is 1.50 bits per heavy atom. The number of hydrogen-bond donors (Lipinski definition) is 0. The zero-order chi connectivity index (χ0) is 12.7. The predicted molar refractivity (Wildman–Crippen MR) is 69.6 cm³/mol. The van der Waals surface area contributed by atoms with Gasteiger partial charge in [-0.15, -0.1) is 0 Å². The Bertz CT molecular complexity index is 456. The number of carbonyl (C=O) groups excluding carboxylic acids is 1. The molecule has 1 aromatic heterocycles. The van der Waals surface area contributed by atoms with Gasteiger partial charge in [0, 0.05) is 13.6 Å². The Labute approximate surface area is 112 Å². The molecular formula is C14H18ClNO2. The topological polar surface area (TPSA) is 33.5 Å². The summed E-state index contributed by atoms with van der Waals surface area (Å²) in [7, 11) is 1.86. The standard InChI is InChI=1S/C14H18ClNO2/c1-16(14(17)12-4-5-18-13(12)15)8-11-7-9-2-3-10(11)6-9/h4-5,9-11H,2-3,6-8H2,1H3. The molecule has 18 heavy (non-hydrogen) atoms. The van der Waals surface area contributed by atoms with Crippen molar-refractivity contribution in [3.63, 3.8) is 0 Å². The molecule has 1 aromatic rings. The Kier molecular flexibility index (Phi) is 3.10. The molecule has 0 saturated heterocycles. The summed E-state index contributed by atoms with van der Waals surface area (Å²) in [6.07, 6.45) is 6.87. The third-order valence-electron chi connectivity index (χ3n) is 4.59. The van der Waals surface area contributed by atoms with E-state index < -0.39 is 0 Å². The summed E-state index contributed by atoms with van der Waals surface area (Å²) in [5, 5.41) is 0.194. The van der Waals surface area contributed by atoms with E-state index >= 15 is 0 Å². The lowest BCUT2D eigenvalue weighted by molar-refractivity contribution is 0.0754. The van der Waals surface area contributed by atoms with Crippen LogP contribution in [0.15, 0.2) is 16.7 Å². The average Bonchev–Trinajstić information content (AvgIpc) is 3.04. The highest BCUT2D eigenvalue weighted by Crippen LogP contribution is 2.48. The molecule has 3 rings (SSSR count). The minimum Gasteiger partial charge on any atom is -0.452 e. The van der Waals surface area contributed by atoms with Crippen LogP contribution in [-0.4, -0.2) is 24.4 Å². The summed E-state index contributed by atoms with van der Waals surface area (Å²) >= 11 is 5.84. The number of hydrogen-bond acceptors (Lipinski definition) is 2. The summed E-state index contributed by atoms with van der Waals surface area (Å²) in [5.74, 6) is 2.41. The number of rotatable bonds is 3. The van der Waals surface area contributed by atoms with Crippen LogP contribution in [0, 0.1) is 17.8 Å². The van der Waals surface area contributed by atoms with E-state index in [1.54, 1.807) is 11.0 Å². The van der Waals surface area contributed by atoms with Crippen molar-refractivity contribution in [2.75, 3.05) is 13.6 Å². The zero-order valence-corrected chi connectivity index (χ0v) is 11.3. The number of carbonyl (C=O) groups is 1. The van der Waals surface area contributed by atoms with E-state index in [2.05, 4.69) is 0 Å². The number of furan rings is 1. The van der Waals surface area contributed by atoms with Crippen molar-refractivity contribution in [3.05, 3.63) is 23.1 Å². The van der Waals surface area contributed by atoms with E-state index in [-0.39, 0.29) is 11.1 Å². The lowest BCUT2D eigenvalue weighted by atomic mass is 9.88. The van der Waals surface area contributed by atoms with Gasteiger partial charge in [0.2, 0.25) is 5.22 Å². The van der Waals surface area contributed by atoms with Gasteiger partial charge < -0.3 is 9.32 Å². The molecule has 0 spiro atoms. The molecule has 0 aliphatic heterocycles. The van der Waals surface area contributed by atoms with Crippen LogP contribution in [-0.2, 0) is 0 Å². The first-order valence-electron chi connectivity index (χ1n) is 6.63. The van der Waals surface area contributed by atoms with Crippen molar-refractivity contribution in [3.8, 4) is 0 Å². The third-order valence-corrected chi connectivity index (χ3v) is 4.88. The highest BCUT2D eigenvalue weighted by Gasteiger charge is 2.40. The molecular weight excluding hydrogens is 250 g/mol. The van der Waals surface area contributed by atoms with Crippen LogP contribution in [0.3, 0.4) is 0 Å². The molecule has 2 aliphatic carbocycles. The molecule has 98 valence electrons. The quantitative estimate of drug-likeness (QED) is 0.841. The fraction of sp³-hybridized carbons (Fsp3) is 0.643. The monoisotopic (exact) mass is 267 g/mol. The lowest BCUT2D eigenvalue weighted by Gasteiger charge is -2.27. The number of halogens is 1. The molecule has 0 N–H and O–H groups in total. The van der Waals surface area contributed by atoms with E-state index in [9.17, 15) is 4.79 Å². The van der Waals surface area contributed by atoms with Crippen molar-refractivity contribution in [1.29, 1.82) is 0 Å². The van der Waals surface area contributed by atoms with Crippen LogP contribution < -0.4 is 0 Å². The first-order valence-corrected chi connectivity index (χ1v) is 7.01. The second kappa shape index (κ2) is 4.61. The van der Waals surface area contributed by atoms with E-state index in [1.807, 2.05) is 7.05 Å². The minimum absolute atomic E-state index is 0.0310. The zero-order valence-electron chi connectivity index (χ0n) is 10.6. The molecule has 0 aromatic carbocycles. The van der Waals surface area contributed by atoms with Gasteiger partial charge in [-0.05, 0) is 54.7 Å². The second-order valence-corrected chi connectivity index (χ2v) is 6.07. The van der Waals surface area contributed by atoms with Crippen LogP contribution in [0.25, 0.3) is 0 Å². The first-order chi connectivity index (χ1) is 8.65. The lowest BCUT2D eigenvalue weighted by Crippen LogP contribution is -2.33. The summed E-state index contributed by atoms with van der Waals surface area (Å²) in [6, 6.07) is 1.64. The second-order valence-electron chi connectivity index (χ2n) is 5.73. The molecule has 4 heteroatoms. The molecule has 3 unspecified atom stereocenters. The molecule has 3 nitrogen and oxygen atoms in total. The van der Waals surface area contributed by atoms with E-state index in [4.69, 9.17) is 16.0 Å². The Morgan fingerprint density at radius 2 is 2.33 bits per heavy atom. The number of amides is 1.